The van der Waals surface area contributed by atoms with Gasteiger partial charge in [0, 0.05) is 36.9 Å². The van der Waals surface area contributed by atoms with Crippen LogP contribution in [0.3, 0.4) is 0 Å². The highest BCUT2D eigenvalue weighted by atomic mass is 35.5. The fourth-order valence-corrected chi connectivity index (χ4v) is 7.02. The molecule has 9 heteroatoms. The number of ether oxygens (including phenoxy) is 1. The highest BCUT2D eigenvalue weighted by molar-refractivity contribution is 6.33. The molecular weight excluding hydrogens is 479 g/mol. The van der Waals surface area contributed by atoms with Gasteiger partial charge >= 0.3 is 6.01 Å². The van der Waals surface area contributed by atoms with E-state index in [4.69, 9.17) is 21.3 Å². The summed E-state index contributed by atoms with van der Waals surface area (Å²) in [5, 5.41) is 4.72. The Bertz CT molecular complexity index is 1300. The van der Waals surface area contributed by atoms with Gasteiger partial charge < -0.3 is 15.0 Å². The molecule has 188 valence electrons. The minimum Gasteiger partial charge on any atom is -0.461 e. The molecule has 0 radical (unpaired) electrons. The summed E-state index contributed by atoms with van der Waals surface area (Å²) >= 11 is 6.39. The number of fused-ring (bicyclic) bond motifs is 4. The third-order valence-corrected chi connectivity index (χ3v) is 8.90. The second-order valence-corrected chi connectivity index (χ2v) is 11.1. The molecule has 0 aliphatic carbocycles. The Morgan fingerprint density at radius 3 is 2.58 bits per heavy atom. The first-order chi connectivity index (χ1) is 17.6. The summed E-state index contributed by atoms with van der Waals surface area (Å²) in [5.41, 5.74) is 1.04. The van der Waals surface area contributed by atoms with E-state index in [1.165, 1.54) is 12.8 Å². The predicted octanol–water partition coefficient (Wildman–Crippen LogP) is 4.43. The second kappa shape index (κ2) is 8.78. The molecule has 1 N–H and O–H groups in total. The third kappa shape index (κ3) is 3.73. The van der Waals surface area contributed by atoms with Gasteiger partial charge in [-0.15, -0.1) is 0 Å². The molecule has 0 saturated carbocycles. The van der Waals surface area contributed by atoms with Crippen LogP contribution in [0, 0.1) is 5.82 Å². The van der Waals surface area contributed by atoms with Gasteiger partial charge in [0.05, 0.1) is 15.9 Å². The van der Waals surface area contributed by atoms with Crippen molar-refractivity contribution >= 4 is 28.3 Å². The van der Waals surface area contributed by atoms with E-state index in [2.05, 4.69) is 25.1 Å². The number of hydrogen-bond acceptors (Lipinski definition) is 7. The van der Waals surface area contributed by atoms with Gasteiger partial charge in [0.2, 0.25) is 0 Å². The molecule has 36 heavy (non-hydrogen) atoms. The molecule has 2 unspecified atom stereocenters. The topological polar surface area (TPSA) is 66.4 Å². The molecule has 0 amide bonds. The van der Waals surface area contributed by atoms with Gasteiger partial charge in [0.15, 0.2) is 5.82 Å². The van der Waals surface area contributed by atoms with E-state index in [9.17, 15) is 0 Å². The average Bonchev–Trinajstić information content (AvgIpc) is 3.57. The maximum atomic E-state index is 16.1. The number of rotatable bonds is 5. The maximum absolute atomic E-state index is 16.1. The standard InChI is InChI=1S/C27H30ClFN6O/c28-21-6-2-1-5-19(21)23-22(29)24-20(13-30-23)25(34-14-17-7-8-18(15-34)31-17)33-26(32-24)36-16-27-9-3-11-35(27)12-4-10-27/h1-2,5-6,13,17-18,31H,3-4,7-12,14-16H2. The van der Waals surface area contributed by atoms with E-state index in [1.807, 2.05) is 12.1 Å². The first-order valence-electron chi connectivity index (χ1n) is 13.1. The molecule has 2 bridgehead atoms. The lowest BCUT2D eigenvalue weighted by Crippen LogP contribution is -2.51. The molecule has 4 saturated heterocycles. The summed E-state index contributed by atoms with van der Waals surface area (Å²) in [7, 11) is 0. The number of halogens is 2. The van der Waals surface area contributed by atoms with Crippen molar-refractivity contribution in [3.8, 4) is 17.3 Å². The lowest BCUT2D eigenvalue weighted by Gasteiger charge is -2.34. The molecule has 4 fully saturated rings. The molecular formula is C27H30ClFN6O. The second-order valence-electron chi connectivity index (χ2n) is 10.7. The van der Waals surface area contributed by atoms with Crippen molar-refractivity contribution in [3.05, 3.63) is 41.3 Å². The number of aromatic nitrogens is 3. The normalized spacial score (nSPS) is 25.0. The maximum Gasteiger partial charge on any atom is 0.319 e. The molecule has 1 aromatic carbocycles. The van der Waals surface area contributed by atoms with Gasteiger partial charge in [-0.2, -0.15) is 9.97 Å². The molecule has 4 aliphatic heterocycles. The molecule has 2 aromatic heterocycles. The summed E-state index contributed by atoms with van der Waals surface area (Å²) in [4.78, 5) is 18.8. The van der Waals surface area contributed by atoms with Crippen LogP contribution in [0.5, 0.6) is 6.01 Å². The summed E-state index contributed by atoms with van der Waals surface area (Å²) in [5.74, 6) is 0.214. The van der Waals surface area contributed by atoms with Crippen molar-refractivity contribution in [1.82, 2.24) is 25.2 Å². The summed E-state index contributed by atoms with van der Waals surface area (Å²) in [6.45, 7) is 4.44. The molecule has 7 nitrogen and oxygen atoms in total. The monoisotopic (exact) mass is 508 g/mol. The zero-order valence-corrected chi connectivity index (χ0v) is 21.0. The van der Waals surface area contributed by atoms with Gasteiger partial charge in [0.25, 0.3) is 0 Å². The number of nitrogens with zero attached hydrogens (tertiary/aromatic N) is 5. The van der Waals surface area contributed by atoms with Crippen LogP contribution in [-0.2, 0) is 0 Å². The van der Waals surface area contributed by atoms with E-state index in [0.29, 0.717) is 40.5 Å². The van der Waals surface area contributed by atoms with E-state index in [-0.39, 0.29) is 22.8 Å². The molecule has 7 rings (SSSR count). The number of piperazine rings is 1. The van der Waals surface area contributed by atoms with Crippen LogP contribution >= 0.6 is 11.6 Å². The Balaban J connectivity index is 1.31. The van der Waals surface area contributed by atoms with Crippen LogP contribution in [0.25, 0.3) is 22.2 Å². The minimum atomic E-state index is -0.492. The van der Waals surface area contributed by atoms with Crippen molar-refractivity contribution in [2.75, 3.05) is 37.7 Å². The quantitative estimate of drug-likeness (QED) is 0.546. The van der Waals surface area contributed by atoms with Crippen molar-refractivity contribution in [2.45, 2.75) is 56.1 Å². The van der Waals surface area contributed by atoms with Crippen LogP contribution in [0.2, 0.25) is 5.02 Å². The minimum absolute atomic E-state index is 0.0617. The van der Waals surface area contributed by atoms with Crippen molar-refractivity contribution in [1.29, 1.82) is 0 Å². The molecule has 0 spiro atoms. The van der Waals surface area contributed by atoms with Gasteiger partial charge in [-0.25, -0.2) is 4.39 Å². The Hall–Kier alpha value is -2.55. The Labute approximate surface area is 215 Å². The number of pyridine rings is 1. The van der Waals surface area contributed by atoms with Crippen LogP contribution < -0.4 is 15.0 Å². The Morgan fingerprint density at radius 1 is 1.08 bits per heavy atom. The van der Waals surface area contributed by atoms with E-state index in [1.54, 1.807) is 18.3 Å². The lowest BCUT2D eigenvalue weighted by atomic mass is 9.95. The van der Waals surface area contributed by atoms with E-state index in [0.717, 1.165) is 51.9 Å². The van der Waals surface area contributed by atoms with Crippen LogP contribution in [0.1, 0.15) is 38.5 Å². The average molecular weight is 509 g/mol. The van der Waals surface area contributed by atoms with Crippen LogP contribution in [0.15, 0.2) is 30.5 Å². The zero-order chi connectivity index (χ0) is 24.3. The number of nitrogens with one attached hydrogen (secondary N) is 1. The summed E-state index contributed by atoms with van der Waals surface area (Å²) < 4.78 is 22.4. The van der Waals surface area contributed by atoms with Crippen LogP contribution in [-0.4, -0.2) is 70.3 Å². The largest absolute Gasteiger partial charge is 0.461 e. The van der Waals surface area contributed by atoms with Crippen molar-refractivity contribution in [2.24, 2.45) is 0 Å². The SMILES string of the molecule is Fc1c(-c2ccccc2Cl)ncc2c(N3CC4CCC(C3)N4)nc(OCC34CCCN3CCC4)nc12. The Morgan fingerprint density at radius 2 is 1.83 bits per heavy atom. The smallest absolute Gasteiger partial charge is 0.319 e. The van der Waals surface area contributed by atoms with Crippen molar-refractivity contribution in [3.63, 3.8) is 0 Å². The molecule has 4 aliphatic rings. The predicted molar refractivity (Wildman–Crippen MR) is 138 cm³/mol. The highest BCUT2D eigenvalue weighted by Gasteiger charge is 2.45. The van der Waals surface area contributed by atoms with Gasteiger partial charge in [-0.3, -0.25) is 9.88 Å². The zero-order valence-electron chi connectivity index (χ0n) is 20.2. The molecule has 2 atom stereocenters. The Kier molecular flexibility index (Phi) is 5.52. The van der Waals surface area contributed by atoms with E-state index < -0.39 is 5.82 Å². The molecule has 6 heterocycles. The van der Waals surface area contributed by atoms with Gasteiger partial charge in [0.1, 0.15) is 23.6 Å². The molecule has 3 aromatic rings. The fraction of sp³-hybridized carbons (Fsp3) is 0.519. The number of anilines is 1. The van der Waals surface area contributed by atoms with Gasteiger partial charge in [-0.05, 0) is 57.7 Å². The highest BCUT2D eigenvalue weighted by Crippen LogP contribution is 2.40. The van der Waals surface area contributed by atoms with Gasteiger partial charge in [-0.1, -0.05) is 29.8 Å². The number of benzene rings is 1. The van der Waals surface area contributed by atoms with Crippen molar-refractivity contribution < 1.29 is 9.13 Å². The fourth-order valence-electron chi connectivity index (χ4n) is 6.80. The first-order valence-corrected chi connectivity index (χ1v) is 13.5. The first kappa shape index (κ1) is 22.6. The van der Waals surface area contributed by atoms with Crippen LogP contribution in [0.4, 0.5) is 10.2 Å². The third-order valence-electron chi connectivity index (χ3n) is 8.57. The summed E-state index contributed by atoms with van der Waals surface area (Å²) in [6, 6.07) is 8.26. The number of hydrogen-bond donors (Lipinski definition) is 1. The van der Waals surface area contributed by atoms with E-state index >= 15 is 4.39 Å². The lowest BCUT2D eigenvalue weighted by molar-refractivity contribution is 0.108. The summed E-state index contributed by atoms with van der Waals surface area (Å²) in [6.07, 6.45) is 8.63.